The molecule has 0 fully saturated rings. The molecule has 1 rings (SSSR count). The van der Waals surface area contributed by atoms with E-state index in [2.05, 4.69) is 5.32 Å². The minimum absolute atomic E-state index is 0.327. The van der Waals surface area contributed by atoms with Crippen LogP contribution in [0.5, 0.6) is 0 Å². The summed E-state index contributed by atoms with van der Waals surface area (Å²) < 4.78 is 0. The zero-order chi connectivity index (χ0) is 11.6. The molecule has 0 bridgehead atoms. The number of carboxylic acid groups (broad SMARTS) is 1. The first-order valence-corrected chi connectivity index (χ1v) is 5.06. The molecule has 0 spiro atoms. The van der Waals surface area contributed by atoms with Gasteiger partial charge >= 0.3 is 5.97 Å². The number of rotatable bonds is 3. The van der Waals surface area contributed by atoms with Gasteiger partial charge in [0.05, 0.1) is 15.7 Å². The quantitative estimate of drug-likeness (QED) is 0.862. The van der Waals surface area contributed by atoms with Crippen molar-refractivity contribution in [3.63, 3.8) is 0 Å². The van der Waals surface area contributed by atoms with Crippen molar-refractivity contribution in [2.45, 2.75) is 19.4 Å². The number of hydrogen-bond donors (Lipinski definition) is 2. The van der Waals surface area contributed by atoms with Gasteiger partial charge in [0.2, 0.25) is 0 Å². The topological polar surface area (TPSA) is 49.3 Å². The van der Waals surface area contributed by atoms with Crippen LogP contribution in [-0.4, -0.2) is 16.6 Å². The van der Waals surface area contributed by atoms with Crippen LogP contribution in [0, 0.1) is 0 Å². The summed E-state index contributed by atoms with van der Waals surface area (Å²) in [6.45, 7) is 3.10. The van der Waals surface area contributed by atoms with E-state index in [0.29, 0.717) is 15.7 Å². The minimum Gasteiger partial charge on any atom is -0.480 e. The molecule has 1 aromatic rings. The number of halogens is 2. The minimum atomic E-state index is -1.09. The lowest BCUT2D eigenvalue weighted by atomic mass is 10.1. The van der Waals surface area contributed by atoms with E-state index in [4.69, 9.17) is 28.3 Å². The number of nitrogens with one attached hydrogen (secondary N) is 1. The number of aliphatic carboxylic acids is 1. The summed E-state index contributed by atoms with van der Waals surface area (Å²) in [5.41, 5.74) is -0.578. The smallest absolute Gasteiger partial charge is 0.328 e. The first-order chi connectivity index (χ1) is 6.84. The van der Waals surface area contributed by atoms with Crippen LogP contribution in [0.4, 0.5) is 5.69 Å². The second-order valence-corrected chi connectivity index (χ2v) is 4.44. The normalized spacial score (nSPS) is 11.2. The molecule has 0 saturated heterocycles. The van der Waals surface area contributed by atoms with Gasteiger partial charge in [-0.1, -0.05) is 29.3 Å². The Balaban J connectivity index is 3.00. The predicted molar refractivity (Wildman–Crippen MR) is 61.8 cm³/mol. The molecule has 0 radical (unpaired) electrons. The third-order valence-electron chi connectivity index (χ3n) is 1.93. The Morgan fingerprint density at radius 1 is 1.40 bits per heavy atom. The van der Waals surface area contributed by atoms with E-state index in [9.17, 15) is 4.79 Å². The van der Waals surface area contributed by atoms with E-state index in [-0.39, 0.29) is 0 Å². The fourth-order valence-electron chi connectivity index (χ4n) is 0.990. The molecule has 0 aliphatic rings. The van der Waals surface area contributed by atoms with E-state index in [1.807, 2.05) is 0 Å². The van der Waals surface area contributed by atoms with Crippen LogP contribution in [-0.2, 0) is 4.79 Å². The zero-order valence-electron chi connectivity index (χ0n) is 8.34. The summed E-state index contributed by atoms with van der Waals surface area (Å²) in [6.07, 6.45) is 0. The summed E-state index contributed by atoms with van der Waals surface area (Å²) in [5, 5.41) is 12.5. The number of anilines is 1. The van der Waals surface area contributed by atoms with Gasteiger partial charge in [-0.25, -0.2) is 4.79 Å². The molecule has 0 unspecified atom stereocenters. The van der Waals surface area contributed by atoms with Gasteiger partial charge in [0.25, 0.3) is 0 Å². The third kappa shape index (κ3) is 2.76. The lowest BCUT2D eigenvalue weighted by molar-refractivity contribution is -0.141. The molecule has 3 nitrogen and oxygen atoms in total. The van der Waals surface area contributed by atoms with Gasteiger partial charge in [-0.05, 0) is 26.0 Å². The predicted octanol–water partition coefficient (Wildman–Crippen LogP) is 3.27. The molecule has 0 aliphatic carbocycles. The van der Waals surface area contributed by atoms with Crippen molar-refractivity contribution in [2.75, 3.05) is 5.32 Å². The SMILES string of the molecule is CC(C)(Nc1cccc(Cl)c1Cl)C(=O)O. The molecule has 82 valence electrons. The molecule has 0 heterocycles. The molecule has 0 amide bonds. The highest BCUT2D eigenvalue weighted by Gasteiger charge is 2.27. The molecule has 0 saturated carbocycles. The Kier molecular flexibility index (Phi) is 3.47. The van der Waals surface area contributed by atoms with Crippen molar-refractivity contribution in [1.82, 2.24) is 0 Å². The van der Waals surface area contributed by atoms with Crippen LogP contribution in [0.25, 0.3) is 0 Å². The Morgan fingerprint density at radius 2 is 2.00 bits per heavy atom. The van der Waals surface area contributed by atoms with Crippen LogP contribution in [0.1, 0.15) is 13.8 Å². The largest absolute Gasteiger partial charge is 0.480 e. The summed E-state index contributed by atoms with van der Waals surface area (Å²) in [5.74, 6) is -0.960. The van der Waals surface area contributed by atoms with E-state index in [1.165, 1.54) is 0 Å². The summed E-state index contributed by atoms with van der Waals surface area (Å²) in [6, 6.07) is 5.02. The van der Waals surface area contributed by atoms with Crippen LogP contribution in [0.3, 0.4) is 0 Å². The summed E-state index contributed by atoms with van der Waals surface area (Å²) in [4.78, 5) is 10.9. The van der Waals surface area contributed by atoms with Crippen LogP contribution >= 0.6 is 23.2 Å². The van der Waals surface area contributed by atoms with Gasteiger partial charge in [0.1, 0.15) is 5.54 Å². The lowest BCUT2D eigenvalue weighted by Crippen LogP contribution is -2.40. The molecule has 15 heavy (non-hydrogen) atoms. The maximum Gasteiger partial charge on any atom is 0.328 e. The van der Waals surface area contributed by atoms with E-state index >= 15 is 0 Å². The van der Waals surface area contributed by atoms with Crippen molar-refractivity contribution < 1.29 is 9.90 Å². The van der Waals surface area contributed by atoms with Gasteiger partial charge < -0.3 is 10.4 Å². The maximum absolute atomic E-state index is 10.9. The number of benzene rings is 1. The molecule has 2 N–H and O–H groups in total. The molecule has 1 aromatic carbocycles. The Hall–Kier alpha value is -0.930. The molecule has 0 aromatic heterocycles. The number of carbonyl (C=O) groups is 1. The highest BCUT2D eigenvalue weighted by atomic mass is 35.5. The fourth-order valence-corrected chi connectivity index (χ4v) is 1.34. The highest BCUT2D eigenvalue weighted by molar-refractivity contribution is 6.43. The molecular formula is C10H11Cl2NO2. The Bertz CT molecular complexity index is 391. The van der Waals surface area contributed by atoms with Crippen molar-refractivity contribution >= 4 is 34.9 Å². The summed E-state index contributed by atoms with van der Waals surface area (Å²) >= 11 is 11.7. The Labute approximate surface area is 98.0 Å². The van der Waals surface area contributed by atoms with Crippen molar-refractivity contribution in [3.05, 3.63) is 28.2 Å². The van der Waals surface area contributed by atoms with E-state index in [1.54, 1.807) is 32.0 Å². The van der Waals surface area contributed by atoms with Gasteiger partial charge in [0, 0.05) is 0 Å². The Morgan fingerprint density at radius 3 is 2.53 bits per heavy atom. The molecular weight excluding hydrogens is 237 g/mol. The highest BCUT2D eigenvalue weighted by Crippen LogP contribution is 2.31. The van der Waals surface area contributed by atoms with E-state index < -0.39 is 11.5 Å². The van der Waals surface area contributed by atoms with Gasteiger partial charge in [-0.3, -0.25) is 0 Å². The van der Waals surface area contributed by atoms with Crippen LogP contribution < -0.4 is 5.32 Å². The van der Waals surface area contributed by atoms with Crippen LogP contribution in [0.2, 0.25) is 10.0 Å². The number of hydrogen-bond acceptors (Lipinski definition) is 2. The second-order valence-electron chi connectivity index (χ2n) is 3.66. The van der Waals surface area contributed by atoms with Gasteiger partial charge in [0.15, 0.2) is 0 Å². The summed E-state index contributed by atoms with van der Waals surface area (Å²) in [7, 11) is 0. The van der Waals surface area contributed by atoms with Gasteiger partial charge in [-0.2, -0.15) is 0 Å². The molecule has 5 heteroatoms. The molecule has 0 aliphatic heterocycles. The van der Waals surface area contributed by atoms with E-state index in [0.717, 1.165) is 0 Å². The van der Waals surface area contributed by atoms with Gasteiger partial charge in [-0.15, -0.1) is 0 Å². The monoisotopic (exact) mass is 247 g/mol. The third-order valence-corrected chi connectivity index (χ3v) is 2.75. The first kappa shape index (κ1) is 12.1. The van der Waals surface area contributed by atoms with Crippen LogP contribution in [0.15, 0.2) is 18.2 Å². The average molecular weight is 248 g/mol. The first-order valence-electron chi connectivity index (χ1n) is 4.30. The zero-order valence-corrected chi connectivity index (χ0v) is 9.86. The molecule has 0 atom stereocenters. The standard InChI is InChI=1S/C10H11Cl2NO2/c1-10(2,9(14)15)13-7-5-3-4-6(11)8(7)12/h3-5,13H,1-2H3,(H,14,15). The van der Waals surface area contributed by atoms with Crippen molar-refractivity contribution in [2.24, 2.45) is 0 Å². The number of carboxylic acids is 1. The maximum atomic E-state index is 10.9. The lowest BCUT2D eigenvalue weighted by Gasteiger charge is -2.23. The van der Waals surface area contributed by atoms with Crippen molar-refractivity contribution in [3.8, 4) is 0 Å². The fraction of sp³-hybridized carbons (Fsp3) is 0.300. The van der Waals surface area contributed by atoms with Crippen molar-refractivity contribution in [1.29, 1.82) is 0 Å². The average Bonchev–Trinajstić information content (AvgIpc) is 2.12. The second kappa shape index (κ2) is 4.29.